The molecule has 0 saturated carbocycles. The second-order valence-electron chi connectivity index (χ2n) is 4.74. The minimum absolute atomic E-state index is 0.656. The molecule has 0 amide bonds. The summed E-state index contributed by atoms with van der Waals surface area (Å²) < 4.78 is 5.45. The van der Waals surface area contributed by atoms with Gasteiger partial charge < -0.3 is 15.4 Å². The Morgan fingerprint density at radius 2 is 2.05 bits per heavy atom. The largest absolute Gasteiger partial charge is 0.478 e. The summed E-state index contributed by atoms with van der Waals surface area (Å²) in [6.45, 7) is 8.73. The van der Waals surface area contributed by atoms with Crippen LogP contribution in [0.5, 0.6) is 5.88 Å². The topological polar surface area (TPSA) is 54.6 Å². The molecule has 19 heavy (non-hydrogen) atoms. The number of piperazine rings is 1. The number of hydrogen-bond acceptors (Lipinski definition) is 5. The Hall–Kier alpha value is -1.33. The first-order chi connectivity index (χ1) is 9.33. The van der Waals surface area contributed by atoms with Gasteiger partial charge >= 0.3 is 0 Å². The van der Waals surface area contributed by atoms with E-state index in [1.165, 1.54) is 0 Å². The molecule has 5 nitrogen and oxygen atoms in total. The predicted octanol–water partition coefficient (Wildman–Crippen LogP) is 0.951. The minimum Gasteiger partial charge on any atom is -0.478 e. The Morgan fingerprint density at radius 3 is 2.74 bits per heavy atom. The first kappa shape index (κ1) is 14.1. The highest BCUT2D eigenvalue weighted by Gasteiger charge is 2.17. The molecule has 0 aromatic carbocycles. The lowest BCUT2D eigenvalue weighted by atomic mass is 10.3. The highest BCUT2D eigenvalue weighted by molar-refractivity contribution is 5.41. The Kier molecular flexibility index (Phi) is 5.42. The van der Waals surface area contributed by atoms with Gasteiger partial charge in [-0.05, 0) is 32.5 Å². The molecule has 1 aliphatic rings. The number of aromatic nitrogens is 1. The van der Waals surface area contributed by atoms with Crippen molar-refractivity contribution in [1.29, 1.82) is 0 Å². The standard InChI is InChI=1S/C14H24N4O/c1-2-19-14-6-3-5-13(16-14)18-11-9-17(10-12-18)8-4-7-15/h3,5-6H,2,4,7-12,15H2,1H3. The Bertz CT molecular complexity index is 377. The third kappa shape index (κ3) is 4.08. The van der Waals surface area contributed by atoms with Crippen molar-refractivity contribution in [3.8, 4) is 5.88 Å². The van der Waals surface area contributed by atoms with Crippen molar-refractivity contribution in [2.24, 2.45) is 5.73 Å². The molecular formula is C14H24N4O. The van der Waals surface area contributed by atoms with Gasteiger partial charge in [-0.25, -0.2) is 0 Å². The van der Waals surface area contributed by atoms with Gasteiger partial charge in [0, 0.05) is 32.2 Å². The van der Waals surface area contributed by atoms with Crippen molar-refractivity contribution in [2.75, 3.05) is 50.8 Å². The van der Waals surface area contributed by atoms with Crippen molar-refractivity contribution in [3.05, 3.63) is 18.2 Å². The molecule has 0 radical (unpaired) electrons. The van der Waals surface area contributed by atoms with E-state index in [2.05, 4.69) is 20.9 Å². The van der Waals surface area contributed by atoms with Gasteiger partial charge in [0.15, 0.2) is 0 Å². The number of hydrogen-bond donors (Lipinski definition) is 1. The van der Waals surface area contributed by atoms with E-state index >= 15 is 0 Å². The number of pyridine rings is 1. The molecule has 1 saturated heterocycles. The van der Waals surface area contributed by atoms with Crippen molar-refractivity contribution in [2.45, 2.75) is 13.3 Å². The summed E-state index contributed by atoms with van der Waals surface area (Å²) in [6.07, 6.45) is 1.08. The third-order valence-electron chi connectivity index (χ3n) is 3.38. The van der Waals surface area contributed by atoms with Gasteiger partial charge in [0.1, 0.15) is 5.82 Å². The smallest absolute Gasteiger partial charge is 0.215 e. The Morgan fingerprint density at radius 1 is 1.26 bits per heavy atom. The molecule has 0 unspecified atom stereocenters. The number of ether oxygens (including phenoxy) is 1. The van der Waals surface area contributed by atoms with Crippen LogP contribution in [0.2, 0.25) is 0 Å². The fourth-order valence-corrected chi connectivity index (χ4v) is 2.32. The van der Waals surface area contributed by atoms with Crippen LogP contribution in [-0.2, 0) is 0 Å². The van der Waals surface area contributed by atoms with Gasteiger partial charge in [-0.3, -0.25) is 4.90 Å². The van der Waals surface area contributed by atoms with Crippen LogP contribution in [0.15, 0.2) is 18.2 Å². The SMILES string of the molecule is CCOc1cccc(N2CCN(CCCN)CC2)n1. The Balaban J connectivity index is 1.88. The number of nitrogens with zero attached hydrogens (tertiary/aromatic N) is 3. The van der Waals surface area contributed by atoms with Crippen LogP contribution in [0.25, 0.3) is 0 Å². The lowest BCUT2D eigenvalue weighted by Gasteiger charge is -2.35. The fraction of sp³-hybridized carbons (Fsp3) is 0.643. The third-order valence-corrected chi connectivity index (χ3v) is 3.38. The molecule has 0 atom stereocenters. The van der Waals surface area contributed by atoms with Gasteiger partial charge in [-0.1, -0.05) is 6.07 Å². The molecule has 5 heteroatoms. The van der Waals surface area contributed by atoms with Crippen molar-refractivity contribution in [1.82, 2.24) is 9.88 Å². The van der Waals surface area contributed by atoms with Crippen LogP contribution in [0, 0.1) is 0 Å². The maximum Gasteiger partial charge on any atom is 0.215 e. The summed E-state index contributed by atoms with van der Waals surface area (Å²) in [5, 5.41) is 0. The Labute approximate surface area is 115 Å². The molecule has 1 fully saturated rings. The maximum atomic E-state index is 5.55. The summed E-state index contributed by atoms with van der Waals surface area (Å²) in [4.78, 5) is 9.33. The van der Waals surface area contributed by atoms with E-state index in [9.17, 15) is 0 Å². The monoisotopic (exact) mass is 264 g/mol. The molecule has 1 aromatic rings. The molecule has 1 aliphatic heterocycles. The first-order valence-electron chi connectivity index (χ1n) is 7.10. The van der Waals surface area contributed by atoms with Crippen LogP contribution in [0.4, 0.5) is 5.82 Å². The average Bonchev–Trinajstić information content (AvgIpc) is 2.46. The summed E-state index contributed by atoms with van der Waals surface area (Å²) >= 11 is 0. The zero-order valence-electron chi connectivity index (χ0n) is 11.7. The van der Waals surface area contributed by atoms with Gasteiger partial charge in [0.2, 0.25) is 5.88 Å². The van der Waals surface area contributed by atoms with Crippen molar-refractivity contribution in [3.63, 3.8) is 0 Å². The van der Waals surface area contributed by atoms with Gasteiger partial charge in [-0.15, -0.1) is 0 Å². The van der Waals surface area contributed by atoms with E-state index in [4.69, 9.17) is 10.5 Å². The molecule has 2 heterocycles. The molecule has 0 aliphatic carbocycles. The first-order valence-corrected chi connectivity index (χ1v) is 7.10. The van der Waals surface area contributed by atoms with Crippen molar-refractivity contribution < 1.29 is 4.74 Å². The molecular weight excluding hydrogens is 240 g/mol. The van der Waals surface area contributed by atoms with E-state index in [0.29, 0.717) is 12.5 Å². The van der Waals surface area contributed by atoms with Crippen molar-refractivity contribution >= 4 is 5.82 Å². The van der Waals surface area contributed by atoms with E-state index < -0.39 is 0 Å². The number of nitrogens with two attached hydrogens (primary N) is 1. The van der Waals surface area contributed by atoms with Gasteiger partial charge in [0.05, 0.1) is 6.61 Å². The lowest BCUT2D eigenvalue weighted by molar-refractivity contribution is 0.255. The molecule has 1 aromatic heterocycles. The highest BCUT2D eigenvalue weighted by atomic mass is 16.5. The summed E-state index contributed by atoms with van der Waals surface area (Å²) in [5.41, 5.74) is 5.55. The second kappa shape index (κ2) is 7.31. The van der Waals surface area contributed by atoms with Crippen LogP contribution in [0.3, 0.4) is 0 Å². The summed E-state index contributed by atoms with van der Waals surface area (Å²) in [6, 6.07) is 5.97. The molecule has 2 rings (SSSR count). The zero-order valence-corrected chi connectivity index (χ0v) is 11.7. The van der Waals surface area contributed by atoms with Crippen LogP contribution >= 0.6 is 0 Å². The average molecular weight is 264 g/mol. The van der Waals surface area contributed by atoms with E-state index in [0.717, 1.165) is 51.5 Å². The number of rotatable bonds is 6. The minimum atomic E-state index is 0.656. The second-order valence-corrected chi connectivity index (χ2v) is 4.74. The normalized spacial score (nSPS) is 16.6. The van der Waals surface area contributed by atoms with E-state index in [-0.39, 0.29) is 0 Å². The summed E-state index contributed by atoms with van der Waals surface area (Å²) in [7, 11) is 0. The molecule has 0 bridgehead atoms. The maximum absolute atomic E-state index is 5.55. The van der Waals surface area contributed by atoms with Crippen LogP contribution < -0.4 is 15.4 Å². The lowest BCUT2D eigenvalue weighted by Crippen LogP contribution is -2.47. The molecule has 2 N–H and O–H groups in total. The molecule has 0 spiro atoms. The summed E-state index contributed by atoms with van der Waals surface area (Å²) in [5.74, 6) is 1.73. The fourth-order valence-electron chi connectivity index (χ4n) is 2.32. The van der Waals surface area contributed by atoms with Crippen LogP contribution in [0.1, 0.15) is 13.3 Å². The highest BCUT2D eigenvalue weighted by Crippen LogP contribution is 2.17. The van der Waals surface area contributed by atoms with Crippen LogP contribution in [-0.4, -0.2) is 55.8 Å². The molecule has 106 valence electrons. The van der Waals surface area contributed by atoms with Gasteiger partial charge in [0.25, 0.3) is 0 Å². The van der Waals surface area contributed by atoms with E-state index in [1.54, 1.807) is 0 Å². The quantitative estimate of drug-likeness (QED) is 0.829. The van der Waals surface area contributed by atoms with Gasteiger partial charge in [-0.2, -0.15) is 4.98 Å². The number of anilines is 1. The zero-order chi connectivity index (χ0) is 13.5. The van der Waals surface area contributed by atoms with E-state index in [1.807, 2.05) is 19.1 Å². The predicted molar refractivity (Wildman–Crippen MR) is 77.7 cm³/mol.